The van der Waals surface area contributed by atoms with Gasteiger partial charge in [0.25, 0.3) is 0 Å². The lowest BCUT2D eigenvalue weighted by molar-refractivity contribution is -0.121. The van der Waals surface area contributed by atoms with Crippen LogP contribution in [0.3, 0.4) is 0 Å². The first-order chi connectivity index (χ1) is 12.7. The minimum Gasteiger partial charge on any atom is -0.368 e. The van der Waals surface area contributed by atoms with E-state index in [2.05, 4.69) is 30.9 Å². The van der Waals surface area contributed by atoms with E-state index in [-0.39, 0.29) is 5.91 Å². The Balaban J connectivity index is 1.44. The number of nitrogens with one attached hydrogen (secondary N) is 3. The van der Waals surface area contributed by atoms with Gasteiger partial charge in [0.1, 0.15) is 23.3 Å². The zero-order valence-electron chi connectivity index (χ0n) is 15.2. The molecule has 0 aromatic carbocycles. The van der Waals surface area contributed by atoms with E-state index in [4.69, 9.17) is 0 Å². The molecule has 3 N–H and O–H groups in total. The molecule has 1 fully saturated rings. The molecular weight excluding hydrogens is 328 g/mol. The third kappa shape index (κ3) is 5.68. The zero-order valence-corrected chi connectivity index (χ0v) is 15.2. The van der Waals surface area contributed by atoms with Gasteiger partial charge >= 0.3 is 0 Å². The van der Waals surface area contributed by atoms with Gasteiger partial charge in [-0.1, -0.05) is 18.9 Å². The molecule has 2 aromatic rings. The molecule has 26 heavy (non-hydrogen) atoms. The van der Waals surface area contributed by atoms with E-state index in [0.29, 0.717) is 37.1 Å². The first kappa shape index (κ1) is 18.1. The normalized spacial score (nSPS) is 14.2. The highest BCUT2D eigenvalue weighted by Gasteiger charge is 2.17. The highest BCUT2D eigenvalue weighted by Crippen LogP contribution is 2.27. The molecule has 0 aliphatic heterocycles. The molecule has 0 atom stereocenters. The first-order valence-electron chi connectivity index (χ1n) is 9.23. The summed E-state index contributed by atoms with van der Waals surface area (Å²) in [5.74, 6) is 3.53. The van der Waals surface area contributed by atoms with Crippen LogP contribution in [-0.4, -0.2) is 33.9 Å². The van der Waals surface area contributed by atoms with Crippen LogP contribution in [0.15, 0.2) is 30.5 Å². The van der Waals surface area contributed by atoms with Crippen molar-refractivity contribution in [3.63, 3.8) is 0 Å². The fraction of sp³-hybridized carbons (Fsp3) is 0.474. The van der Waals surface area contributed by atoms with Gasteiger partial charge in [0.15, 0.2) is 0 Å². The van der Waals surface area contributed by atoms with Crippen LogP contribution >= 0.6 is 0 Å². The van der Waals surface area contributed by atoms with Crippen LogP contribution in [0, 0.1) is 12.8 Å². The summed E-state index contributed by atoms with van der Waals surface area (Å²) in [6.45, 7) is 3.05. The van der Waals surface area contributed by atoms with Crippen LogP contribution in [0.2, 0.25) is 0 Å². The van der Waals surface area contributed by atoms with Gasteiger partial charge in [-0.25, -0.2) is 15.0 Å². The van der Waals surface area contributed by atoms with Gasteiger partial charge in [-0.15, -0.1) is 0 Å². The quantitative estimate of drug-likeness (QED) is 0.631. The van der Waals surface area contributed by atoms with Crippen molar-refractivity contribution in [3.05, 3.63) is 36.3 Å². The summed E-state index contributed by atoms with van der Waals surface area (Å²) < 4.78 is 0. The van der Waals surface area contributed by atoms with Crippen molar-refractivity contribution in [1.29, 1.82) is 0 Å². The van der Waals surface area contributed by atoms with Crippen LogP contribution in [0.4, 0.5) is 17.5 Å². The average molecular weight is 354 g/mol. The number of rotatable bonds is 8. The fourth-order valence-electron chi connectivity index (χ4n) is 3.23. The molecule has 1 aliphatic carbocycles. The highest BCUT2D eigenvalue weighted by molar-refractivity contribution is 5.76. The summed E-state index contributed by atoms with van der Waals surface area (Å²) in [5.41, 5.74) is 0. The molecular formula is C19H26N6O. The monoisotopic (exact) mass is 354 g/mol. The summed E-state index contributed by atoms with van der Waals surface area (Å²) in [7, 11) is 0. The maximum absolute atomic E-state index is 11.9. The molecule has 7 nitrogen and oxygen atoms in total. The Hall–Kier alpha value is -2.70. The van der Waals surface area contributed by atoms with Crippen LogP contribution in [0.25, 0.3) is 0 Å². The number of amides is 1. The standard InChI is InChI=1S/C19H26N6O/c1-14-23-17(13-18(24-14)25-16-8-4-5-9-20-16)21-10-11-22-19(26)12-15-6-2-3-7-15/h4-5,8-9,13,15H,2-3,6-7,10-12H2,1H3,(H,22,26)(H2,20,21,23,24,25). The lowest BCUT2D eigenvalue weighted by Gasteiger charge is -2.11. The molecule has 0 unspecified atom stereocenters. The number of hydrogen-bond acceptors (Lipinski definition) is 6. The maximum atomic E-state index is 11.9. The van der Waals surface area contributed by atoms with Crippen molar-refractivity contribution in [2.24, 2.45) is 5.92 Å². The SMILES string of the molecule is Cc1nc(NCCNC(=O)CC2CCCC2)cc(Nc2ccccn2)n1. The Morgan fingerprint density at radius 3 is 2.69 bits per heavy atom. The molecule has 0 spiro atoms. The lowest BCUT2D eigenvalue weighted by atomic mass is 10.0. The number of carbonyl (C=O) groups is 1. The number of anilines is 3. The lowest BCUT2D eigenvalue weighted by Crippen LogP contribution is -2.30. The fourth-order valence-corrected chi connectivity index (χ4v) is 3.23. The second kappa shape index (κ2) is 9.12. The number of aromatic nitrogens is 3. The Bertz CT molecular complexity index is 715. The van der Waals surface area contributed by atoms with E-state index in [1.165, 1.54) is 25.7 Å². The van der Waals surface area contributed by atoms with E-state index < -0.39 is 0 Å². The van der Waals surface area contributed by atoms with Gasteiger partial charge in [0.2, 0.25) is 5.91 Å². The van der Waals surface area contributed by atoms with Crippen LogP contribution in [0.1, 0.15) is 37.9 Å². The molecule has 1 saturated carbocycles. The number of carbonyl (C=O) groups excluding carboxylic acids is 1. The second-order valence-electron chi connectivity index (χ2n) is 6.66. The average Bonchev–Trinajstić information content (AvgIpc) is 3.12. The Morgan fingerprint density at radius 2 is 1.92 bits per heavy atom. The molecule has 0 bridgehead atoms. The minimum atomic E-state index is 0.148. The van der Waals surface area contributed by atoms with Crippen LogP contribution in [0.5, 0.6) is 0 Å². The maximum Gasteiger partial charge on any atom is 0.220 e. The van der Waals surface area contributed by atoms with Gasteiger partial charge < -0.3 is 16.0 Å². The Labute approximate surface area is 154 Å². The predicted molar refractivity (Wildman–Crippen MR) is 102 cm³/mol. The Morgan fingerprint density at radius 1 is 1.12 bits per heavy atom. The van der Waals surface area contributed by atoms with Crippen molar-refractivity contribution in [3.8, 4) is 0 Å². The van der Waals surface area contributed by atoms with Gasteiger partial charge in [-0.2, -0.15) is 0 Å². The summed E-state index contributed by atoms with van der Waals surface area (Å²) in [6, 6.07) is 7.49. The number of aryl methyl sites for hydroxylation is 1. The summed E-state index contributed by atoms with van der Waals surface area (Å²) in [4.78, 5) is 24.9. The molecule has 0 saturated heterocycles. The largest absolute Gasteiger partial charge is 0.368 e. The van der Waals surface area contributed by atoms with Crippen molar-refractivity contribution < 1.29 is 4.79 Å². The van der Waals surface area contributed by atoms with Crippen LogP contribution < -0.4 is 16.0 Å². The van der Waals surface area contributed by atoms with Crippen LogP contribution in [-0.2, 0) is 4.79 Å². The summed E-state index contributed by atoms with van der Waals surface area (Å²) in [5, 5.41) is 9.37. The Kier molecular flexibility index (Phi) is 6.35. The van der Waals surface area contributed by atoms with E-state index in [9.17, 15) is 4.79 Å². The van der Waals surface area contributed by atoms with E-state index in [1.54, 1.807) is 6.20 Å². The van der Waals surface area contributed by atoms with Gasteiger partial charge in [-0.3, -0.25) is 4.79 Å². The third-order valence-electron chi connectivity index (χ3n) is 4.46. The highest BCUT2D eigenvalue weighted by atomic mass is 16.1. The van der Waals surface area contributed by atoms with Crippen molar-refractivity contribution >= 4 is 23.4 Å². The molecule has 2 aromatic heterocycles. The third-order valence-corrected chi connectivity index (χ3v) is 4.46. The first-order valence-corrected chi connectivity index (χ1v) is 9.23. The number of pyridine rings is 1. The number of hydrogen-bond donors (Lipinski definition) is 3. The molecule has 138 valence electrons. The van der Waals surface area contributed by atoms with Gasteiger partial charge in [-0.05, 0) is 37.8 Å². The molecule has 1 aliphatic rings. The van der Waals surface area contributed by atoms with E-state index in [0.717, 1.165) is 11.6 Å². The molecule has 0 radical (unpaired) electrons. The van der Waals surface area contributed by atoms with Crippen molar-refractivity contribution in [2.45, 2.75) is 39.0 Å². The zero-order chi connectivity index (χ0) is 18.2. The van der Waals surface area contributed by atoms with Crippen molar-refractivity contribution in [2.75, 3.05) is 23.7 Å². The molecule has 1 amide bonds. The predicted octanol–water partition coefficient (Wildman–Crippen LogP) is 3.03. The van der Waals surface area contributed by atoms with E-state index in [1.807, 2.05) is 31.2 Å². The molecule has 2 heterocycles. The molecule has 7 heteroatoms. The minimum absolute atomic E-state index is 0.148. The smallest absolute Gasteiger partial charge is 0.220 e. The summed E-state index contributed by atoms with van der Waals surface area (Å²) >= 11 is 0. The van der Waals surface area contributed by atoms with Crippen molar-refractivity contribution in [1.82, 2.24) is 20.3 Å². The molecule has 3 rings (SSSR count). The van der Waals surface area contributed by atoms with Gasteiger partial charge in [0.05, 0.1) is 0 Å². The second-order valence-corrected chi connectivity index (χ2v) is 6.66. The number of nitrogens with zero attached hydrogens (tertiary/aromatic N) is 3. The summed E-state index contributed by atoms with van der Waals surface area (Å²) in [6.07, 6.45) is 7.30. The topological polar surface area (TPSA) is 91.8 Å². The van der Waals surface area contributed by atoms with Gasteiger partial charge in [0, 0.05) is 31.8 Å². The van der Waals surface area contributed by atoms with E-state index >= 15 is 0 Å².